The van der Waals surface area contributed by atoms with Crippen LogP contribution in [-0.4, -0.2) is 36.0 Å². The molecule has 0 radical (unpaired) electrons. The van der Waals surface area contributed by atoms with Gasteiger partial charge in [-0.2, -0.15) is 0 Å². The average Bonchev–Trinajstić information content (AvgIpc) is 3.29. The Balaban J connectivity index is 2.05. The first-order chi connectivity index (χ1) is 10.5. The highest BCUT2D eigenvalue weighted by Gasteiger charge is 2.25. The summed E-state index contributed by atoms with van der Waals surface area (Å²) in [6.45, 7) is 5.26. The molecule has 0 heterocycles. The Morgan fingerprint density at radius 2 is 2.18 bits per heavy atom. The predicted molar refractivity (Wildman–Crippen MR) is 85.2 cm³/mol. The van der Waals surface area contributed by atoms with Crippen LogP contribution >= 0.6 is 0 Å². The van der Waals surface area contributed by atoms with Gasteiger partial charge in [0, 0.05) is 30.3 Å². The van der Waals surface area contributed by atoms with Gasteiger partial charge in [-0.15, -0.1) is 0 Å². The van der Waals surface area contributed by atoms with E-state index < -0.39 is 4.92 Å². The Labute approximate surface area is 129 Å². The fraction of sp³-hybridized carbons (Fsp3) is 0.533. The highest BCUT2D eigenvalue weighted by molar-refractivity contribution is 5.95. The van der Waals surface area contributed by atoms with E-state index in [0.29, 0.717) is 23.8 Å². The van der Waals surface area contributed by atoms with Gasteiger partial charge >= 0.3 is 0 Å². The quantitative estimate of drug-likeness (QED) is 0.503. The Bertz CT molecular complexity index is 558. The van der Waals surface area contributed by atoms with Gasteiger partial charge in [0.2, 0.25) is 0 Å². The van der Waals surface area contributed by atoms with Gasteiger partial charge in [0.1, 0.15) is 5.69 Å². The molecule has 1 aliphatic rings. The van der Waals surface area contributed by atoms with Crippen LogP contribution in [0.2, 0.25) is 0 Å². The SMILES string of the molecule is CCN[C@H](C)CNC(=O)c1ccc(NC2CC2)c([N+](=O)[O-])c1. The lowest BCUT2D eigenvalue weighted by Crippen LogP contribution is -2.38. The smallest absolute Gasteiger partial charge is 0.293 e. The molecule has 0 unspecified atom stereocenters. The molecule has 2 rings (SSSR count). The van der Waals surface area contributed by atoms with E-state index in [2.05, 4.69) is 16.0 Å². The molecule has 1 aromatic rings. The zero-order valence-corrected chi connectivity index (χ0v) is 12.9. The van der Waals surface area contributed by atoms with Crippen LogP contribution < -0.4 is 16.0 Å². The molecular weight excluding hydrogens is 284 g/mol. The first kappa shape index (κ1) is 16.2. The number of nitro benzene ring substituents is 1. The van der Waals surface area contributed by atoms with Crippen LogP contribution in [0, 0.1) is 10.1 Å². The number of hydrogen-bond donors (Lipinski definition) is 3. The summed E-state index contributed by atoms with van der Waals surface area (Å²) >= 11 is 0. The van der Waals surface area contributed by atoms with E-state index >= 15 is 0 Å². The van der Waals surface area contributed by atoms with Gasteiger partial charge in [-0.05, 0) is 38.4 Å². The maximum absolute atomic E-state index is 12.1. The summed E-state index contributed by atoms with van der Waals surface area (Å²) in [6.07, 6.45) is 2.06. The van der Waals surface area contributed by atoms with Gasteiger partial charge < -0.3 is 16.0 Å². The summed E-state index contributed by atoms with van der Waals surface area (Å²) in [7, 11) is 0. The molecule has 1 aliphatic carbocycles. The van der Waals surface area contributed by atoms with Crippen LogP contribution in [0.4, 0.5) is 11.4 Å². The van der Waals surface area contributed by atoms with Crippen molar-refractivity contribution in [3.8, 4) is 0 Å². The number of nitrogens with one attached hydrogen (secondary N) is 3. The number of rotatable bonds is 8. The van der Waals surface area contributed by atoms with Crippen molar-refractivity contribution in [2.75, 3.05) is 18.4 Å². The second-order valence-corrected chi connectivity index (χ2v) is 5.58. The average molecular weight is 306 g/mol. The Morgan fingerprint density at radius 1 is 1.45 bits per heavy atom. The Kier molecular flexibility index (Phi) is 5.32. The fourth-order valence-electron chi connectivity index (χ4n) is 2.16. The third-order valence-corrected chi connectivity index (χ3v) is 3.51. The van der Waals surface area contributed by atoms with E-state index in [-0.39, 0.29) is 17.6 Å². The summed E-state index contributed by atoms with van der Waals surface area (Å²) in [6, 6.07) is 5.03. The van der Waals surface area contributed by atoms with E-state index in [0.717, 1.165) is 19.4 Å². The first-order valence-corrected chi connectivity index (χ1v) is 7.57. The van der Waals surface area contributed by atoms with Gasteiger partial charge in [-0.1, -0.05) is 6.92 Å². The number of carbonyl (C=O) groups is 1. The van der Waals surface area contributed by atoms with Crippen molar-refractivity contribution in [1.82, 2.24) is 10.6 Å². The second-order valence-electron chi connectivity index (χ2n) is 5.58. The molecule has 7 heteroatoms. The van der Waals surface area contributed by atoms with Crippen LogP contribution in [0.15, 0.2) is 18.2 Å². The molecule has 0 aromatic heterocycles. The van der Waals surface area contributed by atoms with Crippen LogP contribution in [-0.2, 0) is 0 Å². The lowest BCUT2D eigenvalue weighted by atomic mass is 10.1. The third-order valence-electron chi connectivity index (χ3n) is 3.51. The van der Waals surface area contributed by atoms with Crippen molar-refractivity contribution >= 4 is 17.3 Å². The highest BCUT2D eigenvalue weighted by Crippen LogP contribution is 2.31. The molecule has 1 fully saturated rings. The maximum Gasteiger partial charge on any atom is 0.293 e. The Hall–Kier alpha value is -2.15. The van der Waals surface area contributed by atoms with Crippen molar-refractivity contribution in [2.45, 2.75) is 38.8 Å². The lowest BCUT2D eigenvalue weighted by Gasteiger charge is -2.13. The number of carbonyl (C=O) groups excluding carboxylic acids is 1. The number of amides is 1. The number of hydrogen-bond acceptors (Lipinski definition) is 5. The van der Waals surface area contributed by atoms with Crippen molar-refractivity contribution in [3.05, 3.63) is 33.9 Å². The lowest BCUT2D eigenvalue weighted by molar-refractivity contribution is -0.384. The molecule has 1 saturated carbocycles. The van der Waals surface area contributed by atoms with Gasteiger partial charge in [0.25, 0.3) is 11.6 Å². The van der Waals surface area contributed by atoms with Gasteiger partial charge in [0.05, 0.1) is 4.92 Å². The molecule has 0 bridgehead atoms. The molecule has 7 nitrogen and oxygen atoms in total. The number of anilines is 1. The minimum Gasteiger partial charge on any atom is -0.377 e. The summed E-state index contributed by atoms with van der Waals surface area (Å²) in [5, 5.41) is 20.3. The first-order valence-electron chi connectivity index (χ1n) is 7.57. The molecule has 0 aliphatic heterocycles. The molecule has 1 amide bonds. The van der Waals surface area contributed by atoms with E-state index in [1.54, 1.807) is 12.1 Å². The van der Waals surface area contributed by atoms with Gasteiger partial charge in [0.15, 0.2) is 0 Å². The molecule has 0 spiro atoms. The number of benzene rings is 1. The summed E-state index contributed by atoms with van der Waals surface area (Å²) in [4.78, 5) is 22.8. The van der Waals surface area contributed by atoms with Crippen molar-refractivity contribution < 1.29 is 9.72 Å². The van der Waals surface area contributed by atoms with Crippen LogP contribution in [0.1, 0.15) is 37.0 Å². The van der Waals surface area contributed by atoms with Crippen LogP contribution in [0.5, 0.6) is 0 Å². The molecule has 1 atom stereocenters. The van der Waals surface area contributed by atoms with Crippen LogP contribution in [0.3, 0.4) is 0 Å². The second kappa shape index (κ2) is 7.22. The molecule has 120 valence electrons. The largest absolute Gasteiger partial charge is 0.377 e. The van der Waals surface area contributed by atoms with Crippen molar-refractivity contribution in [2.24, 2.45) is 0 Å². The summed E-state index contributed by atoms with van der Waals surface area (Å²) in [5.41, 5.74) is 0.723. The molecule has 22 heavy (non-hydrogen) atoms. The third kappa shape index (κ3) is 4.42. The monoisotopic (exact) mass is 306 g/mol. The zero-order valence-electron chi connectivity index (χ0n) is 12.9. The molecule has 3 N–H and O–H groups in total. The predicted octanol–water partition coefficient (Wildman–Crippen LogP) is 1.90. The summed E-state index contributed by atoms with van der Waals surface area (Å²) < 4.78 is 0. The number of nitrogens with zero attached hydrogens (tertiary/aromatic N) is 1. The van der Waals surface area contributed by atoms with E-state index in [9.17, 15) is 14.9 Å². The fourth-order valence-corrected chi connectivity index (χ4v) is 2.16. The number of nitro groups is 1. The van der Waals surface area contributed by atoms with Crippen LogP contribution in [0.25, 0.3) is 0 Å². The van der Waals surface area contributed by atoms with Gasteiger partial charge in [-0.25, -0.2) is 0 Å². The minimum absolute atomic E-state index is 0.0562. The standard InChI is InChI=1S/C15H22N4O3/c1-3-16-10(2)9-17-15(20)11-4-7-13(18-12-5-6-12)14(8-11)19(21)22/h4,7-8,10,12,16,18H,3,5-6,9H2,1-2H3,(H,17,20)/t10-/m1/s1. The maximum atomic E-state index is 12.1. The molecule has 1 aromatic carbocycles. The topological polar surface area (TPSA) is 96.3 Å². The van der Waals surface area contributed by atoms with E-state index in [1.807, 2.05) is 13.8 Å². The number of likely N-dealkylation sites (N-methyl/N-ethyl adjacent to an activating group) is 1. The zero-order chi connectivity index (χ0) is 16.1. The molecular formula is C15H22N4O3. The minimum atomic E-state index is -0.456. The van der Waals surface area contributed by atoms with E-state index in [1.165, 1.54) is 6.07 Å². The van der Waals surface area contributed by atoms with Crippen molar-refractivity contribution in [3.63, 3.8) is 0 Å². The van der Waals surface area contributed by atoms with Crippen molar-refractivity contribution in [1.29, 1.82) is 0 Å². The molecule has 0 saturated heterocycles. The normalized spacial score (nSPS) is 15.2. The van der Waals surface area contributed by atoms with E-state index in [4.69, 9.17) is 0 Å². The summed E-state index contributed by atoms with van der Waals surface area (Å²) in [5.74, 6) is -0.300. The van der Waals surface area contributed by atoms with Gasteiger partial charge in [-0.3, -0.25) is 14.9 Å². The highest BCUT2D eigenvalue weighted by atomic mass is 16.6. The Morgan fingerprint density at radius 3 is 2.77 bits per heavy atom.